The second-order valence-corrected chi connectivity index (χ2v) is 3.68. The number of likely N-dealkylation sites (N-methyl/N-ethyl adjacent to an activating group) is 1. The summed E-state index contributed by atoms with van der Waals surface area (Å²) in [5, 5.41) is 0. The monoisotopic (exact) mass is 211 g/mol. The van der Waals surface area contributed by atoms with Gasteiger partial charge < -0.3 is 4.90 Å². The maximum Gasteiger partial charge on any atom is 0.130 e. The Balaban J connectivity index is 3.07. The first-order chi connectivity index (χ1) is 7.04. The Morgan fingerprint density at radius 3 is 2.53 bits per heavy atom. The van der Waals surface area contributed by atoms with Gasteiger partial charge in [-0.05, 0) is 44.8 Å². The van der Waals surface area contributed by atoms with E-state index in [1.54, 1.807) is 6.08 Å². The molecule has 0 aromatic heterocycles. The Morgan fingerprint density at radius 2 is 2.00 bits per heavy atom. The molecule has 1 rings (SSSR count). The van der Waals surface area contributed by atoms with Crippen LogP contribution >= 0.6 is 0 Å². The Bertz CT molecular complexity index is 370. The molecule has 3 heteroatoms. The summed E-state index contributed by atoms with van der Waals surface area (Å²) in [6.07, 6.45) is 1.80. The first-order valence-corrected chi connectivity index (χ1v) is 4.80. The van der Waals surface area contributed by atoms with Crippen LogP contribution in [0.2, 0.25) is 0 Å². The van der Waals surface area contributed by atoms with Gasteiger partial charge in [0, 0.05) is 12.1 Å². The Morgan fingerprint density at radius 1 is 1.33 bits per heavy atom. The van der Waals surface area contributed by atoms with Crippen molar-refractivity contribution in [3.05, 3.63) is 41.5 Å². The lowest BCUT2D eigenvalue weighted by Crippen LogP contribution is -2.15. The molecule has 0 N–H and O–H groups in total. The number of halogens is 2. The minimum Gasteiger partial charge on any atom is -0.305 e. The predicted molar refractivity (Wildman–Crippen MR) is 58.6 cm³/mol. The molecule has 0 saturated carbocycles. The second-order valence-electron chi connectivity index (χ2n) is 3.68. The van der Waals surface area contributed by atoms with Gasteiger partial charge in [0.25, 0.3) is 0 Å². The highest BCUT2D eigenvalue weighted by Crippen LogP contribution is 2.19. The molecule has 0 heterocycles. The van der Waals surface area contributed by atoms with Crippen molar-refractivity contribution in [1.82, 2.24) is 4.90 Å². The van der Waals surface area contributed by atoms with Crippen molar-refractivity contribution in [1.29, 1.82) is 0 Å². The molecular weight excluding hydrogens is 196 g/mol. The van der Waals surface area contributed by atoms with E-state index in [-0.39, 0.29) is 5.82 Å². The number of allylic oxidation sites excluding steroid dienone is 1. The number of nitrogens with zero attached hydrogens (tertiary/aromatic N) is 1. The second kappa shape index (κ2) is 5.03. The van der Waals surface area contributed by atoms with E-state index in [1.165, 1.54) is 6.07 Å². The van der Waals surface area contributed by atoms with Gasteiger partial charge in [0.2, 0.25) is 0 Å². The fraction of sp³-hybridized carbons (Fsp3) is 0.333. The first kappa shape index (κ1) is 11.9. The van der Waals surface area contributed by atoms with Gasteiger partial charge in [-0.2, -0.15) is 0 Å². The Hall–Kier alpha value is -1.22. The molecule has 0 aliphatic rings. The molecule has 1 aromatic rings. The molecule has 0 amide bonds. The summed E-state index contributed by atoms with van der Waals surface area (Å²) in [5.41, 5.74) is 1.13. The number of rotatable bonds is 3. The van der Waals surface area contributed by atoms with Crippen molar-refractivity contribution in [3.8, 4) is 0 Å². The highest BCUT2D eigenvalue weighted by Gasteiger charge is 2.09. The fourth-order valence-electron chi connectivity index (χ4n) is 1.42. The Kier molecular flexibility index (Phi) is 3.97. The molecule has 0 atom stereocenters. The quantitative estimate of drug-likeness (QED) is 0.743. The van der Waals surface area contributed by atoms with E-state index in [4.69, 9.17) is 0 Å². The minimum absolute atomic E-state index is 0.339. The van der Waals surface area contributed by atoms with Gasteiger partial charge >= 0.3 is 0 Å². The molecule has 0 saturated heterocycles. The predicted octanol–water partition coefficient (Wildman–Crippen LogP) is 2.93. The lowest BCUT2D eigenvalue weighted by molar-refractivity contribution is 0.461. The lowest BCUT2D eigenvalue weighted by Gasteiger charge is -2.14. The average Bonchev–Trinajstić information content (AvgIpc) is 2.18. The third-order valence-corrected chi connectivity index (χ3v) is 2.11. The summed E-state index contributed by atoms with van der Waals surface area (Å²) in [4.78, 5) is 1.92. The summed E-state index contributed by atoms with van der Waals surface area (Å²) in [5.74, 6) is -0.796. The van der Waals surface area contributed by atoms with Crippen LogP contribution in [0.4, 0.5) is 8.78 Å². The molecule has 0 bridgehead atoms. The molecule has 1 nitrogen and oxygen atoms in total. The molecule has 15 heavy (non-hydrogen) atoms. The standard InChI is InChI=1S/C12H15F2N/c1-4-9(8-15(2)3)11-7-10(13)5-6-12(11)14/h4-7H,8H2,1-3H3/b9-4+. The third-order valence-electron chi connectivity index (χ3n) is 2.11. The Labute approximate surface area is 89.0 Å². The van der Waals surface area contributed by atoms with E-state index >= 15 is 0 Å². The zero-order chi connectivity index (χ0) is 11.4. The van der Waals surface area contributed by atoms with Gasteiger partial charge in [-0.15, -0.1) is 0 Å². The summed E-state index contributed by atoms with van der Waals surface area (Å²) >= 11 is 0. The van der Waals surface area contributed by atoms with E-state index < -0.39 is 5.82 Å². The first-order valence-electron chi connectivity index (χ1n) is 4.80. The molecule has 0 fully saturated rings. The van der Waals surface area contributed by atoms with Crippen molar-refractivity contribution in [2.24, 2.45) is 0 Å². The molecular formula is C12H15F2N. The summed E-state index contributed by atoms with van der Waals surface area (Å²) in [6, 6.07) is 3.51. The van der Waals surface area contributed by atoms with Crippen LogP contribution in [0.5, 0.6) is 0 Å². The van der Waals surface area contributed by atoms with E-state index in [0.717, 1.165) is 17.7 Å². The largest absolute Gasteiger partial charge is 0.305 e. The van der Waals surface area contributed by atoms with E-state index in [9.17, 15) is 8.78 Å². The van der Waals surface area contributed by atoms with Gasteiger partial charge in [0.15, 0.2) is 0 Å². The van der Waals surface area contributed by atoms with Gasteiger partial charge in [-0.25, -0.2) is 8.78 Å². The summed E-state index contributed by atoms with van der Waals surface area (Å²) in [6.45, 7) is 2.42. The molecule has 0 unspecified atom stereocenters. The third kappa shape index (κ3) is 3.13. The van der Waals surface area contributed by atoms with Crippen LogP contribution in [0.15, 0.2) is 24.3 Å². The molecule has 0 spiro atoms. The molecule has 82 valence electrons. The highest BCUT2D eigenvalue weighted by atomic mass is 19.1. The van der Waals surface area contributed by atoms with Crippen molar-refractivity contribution in [2.45, 2.75) is 6.92 Å². The van der Waals surface area contributed by atoms with Crippen molar-refractivity contribution in [2.75, 3.05) is 20.6 Å². The van der Waals surface area contributed by atoms with Crippen molar-refractivity contribution in [3.63, 3.8) is 0 Å². The zero-order valence-electron chi connectivity index (χ0n) is 9.22. The number of benzene rings is 1. The van der Waals surface area contributed by atoms with Crippen LogP contribution in [0.1, 0.15) is 12.5 Å². The van der Waals surface area contributed by atoms with E-state index in [0.29, 0.717) is 12.1 Å². The number of hydrogen-bond donors (Lipinski definition) is 0. The van der Waals surface area contributed by atoms with Gasteiger partial charge in [-0.3, -0.25) is 0 Å². The molecule has 0 aliphatic heterocycles. The maximum absolute atomic E-state index is 13.4. The highest BCUT2D eigenvalue weighted by molar-refractivity contribution is 5.67. The van der Waals surface area contributed by atoms with Crippen LogP contribution < -0.4 is 0 Å². The number of hydrogen-bond acceptors (Lipinski definition) is 1. The van der Waals surface area contributed by atoms with Crippen LogP contribution in [0.25, 0.3) is 5.57 Å². The zero-order valence-corrected chi connectivity index (χ0v) is 9.22. The van der Waals surface area contributed by atoms with Gasteiger partial charge in [-0.1, -0.05) is 6.08 Å². The van der Waals surface area contributed by atoms with Crippen LogP contribution in [-0.2, 0) is 0 Å². The van der Waals surface area contributed by atoms with Gasteiger partial charge in [0.05, 0.1) is 0 Å². The molecule has 0 aliphatic carbocycles. The minimum atomic E-state index is -0.412. The van der Waals surface area contributed by atoms with Crippen molar-refractivity contribution >= 4 is 5.57 Å². The van der Waals surface area contributed by atoms with E-state index in [2.05, 4.69) is 0 Å². The lowest BCUT2D eigenvalue weighted by atomic mass is 10.0. The average molecular weight is 211 g/mol. The smallest absolute Gasteiger partial charge is 0.130 e. The van der Waals surface area contributed by atoms with Crippen LogP contribution in [0.3, 0.4) is 0 Å². The maximum atomic E-state index is 13.4. The van der Waals surface area contributed by atoms with Crippen LogP contribution in [-0.4, -0.2) is 25.5 Å². The van der Waals surface area contributed by atoms with E-state index in [1.807, 2.05) is 25.9 Å². The SMILES string of the molecule is C/C=C(\CN(C)C)c1cc(F)ccc1F. The summed E-state index contributed by atoms with van der Waals surface area (Å²) in [7, 11) is 3.78. The van der Waals surface area contributed by atoms with Crippen molar-refractivity contribution < 1.29 is 8.78 Å². The van der Waals surface area contributed by atoms with Crippen LogP contribution in [0, 0.1) is 11.6 Å². The fourth-order valence-corrected chi connectivity index (χ4v) is 1.42. The topological polar surface area (TPSA) is 3.24 Å². The summed E-state index contributed by atoms with van der Waals surface area (Å²) < 4.78 is 26.4. The van der Waals surface area contributed by atoms with Gasteiger partial charge in [0.1, 0.15) is 11.6 Å². The normalized spacial score (nSPS) is 12.3. The molecule has 1 aromatic carbocycles. The molecule has 0 radical (unpaired) electrons.